The van der Waals surface area contributed by atoms with Crippen molar-refractivity contribution < 1.29 is 62.9 Å². The zero-order valence-electron chi connectivity index (χ0n) is 28.9. The van der Waals surface area contributed by atoms with E-state index in [9.17, 15) is 29.4 Å². The zero-order valence-corrected chi connectivity index (χ0v) is 28.9. The van der Waals surface area contributed by atoms with Crippen LogP contribution in [0.3, 0.4) is 0 Å². The molecule has 1 aliphatic heterocycles. The van der Waals surface area contributed by atoms with Crippen LogP contribution in [0.5, 0.6) is 0 Å². The molecule has 0 amide bonds. The van der Waals surface area contributed by atoms with Gasteiger partial charge in [-0.25, -0.2) is 0 Å². The molecule has 0 aromatic rings. The molecule has 1 saturated heterocycles. The van der Waals surface area contributed by atoms with Gasteiger partial charge < -0.3 is 43.7 Å². The Balaban J connectivity index is 2.91. The van der Waals surface area contributed by atoms with Gasteiger partial charge in [-0.05, 0) is 12.8 Å². The highest BCUT2D eigenvalue weighted by molar-refractivity contribution is 5.71. The Bertz CT molecular complexity index is 882. The molecule has 0 aromatic heterocycles. The van der Waals surface area contributed by atoms with Crippen molar-refractivity contribution in [1.82, 2.24) is 0 Å². The molecular formula is C34H60O13. The average molecular weight is 677 g/mol. The van der Waals surface area contributed by atoms with Crippen molar-refractivity contribution in [2.75, 3.05) is 19.8 Å². The number of aliphatic hydroxyl groups excluding tert-OH is 3. The molecule has 0 radical (unpaired) electrons. The number of ether oxygens (including phenoxy) is 6. The molecule has 3 N–H and O–H groups in total. The van der Waals surface area contributed by atoms with Crippen LogP contribution in [0.15, 0.2) is 0 Å². The summed E-state index contributed by atoms with van der Waals surface area (Å²) in [5.74, 6) is -2.68. The van der Waals surface area contributed by atoms with Crippen LogP contribution in [0.2, 0.25) is 0 Å². The summed E-state index contributed by atoms with van der Waals surface area (Å²) in [6, 6.07) is 0. The van der Waals surface area contributed by atoms with Crippen LogP contribution >= 0.6 is 0 Å². The highest BCUT2D eigenvalue weighted by Crippen LogP contribution is 2.31. The van der Waals surface area contributed by atoms with Crippen LogP contribution in [0.1, 0.15) is 130 Å². The Labute approximate surface area is 279 Å². The third-order valence-electron chi connectivity index (χ3n) is 7.88. The monoisotopic (exact) mass is 676 g/mol. The molecule has 47 heavy (non-hydrogen) atoms. The fraction of sp³-hybridized carbons (Fsp3) is 0.882. The lowest BCUT2D eigenvalue weighted by molar-refractivity contribution is -0.312. The quantitative estimate of drug-likeness (QED) is 0.0678. The van der Waals surface area contributed by atoms with Gasteiger partial charge in [0.2, 0.25) is 0 Å². The molecule has 1 aliphatic rings. The molecule has 7 unspecified atom stereocenters. The van der Waals surface area contributed by atoms with E-state index in [0.717, 1.165) is 32.6 Å². The molecule has 0 saturated carbocycles. The Hall–Kier alpha value is -2.32. The van der Waals surface area contributed by atoms with Crippen molar-refractivity contribution in [3.05, 3.63) is 0 Å². The van der Waals surface area contributed by atoms with E-state index in [2.05, 4.69) is 6.92 Å². The van der Waals surface area contributed by atoms with Crippen molar-refractivity contribution in [1.29, 1.82) is 0 Å². The fourth-order valence-corrected chi connectivity index (χ4v) is 5.28. The van der Waals surface area contributed by atoms with E-state index in [4.69, 9.17) is 33.5 Å². The van der Waals surface area contributed by atoms with Crippen molar-refractivity contribution >= 4 is 23.9 Å². The second-order valence-corrected chi connectivity index (χ2v) is 12.2. The molecule has 7 atom stereocenters. The Morgan fingerprint density at radius 2 is 1.17 bits per heavy atom. The smallest absolute Gasteiger partial charge is 0.306 e. The Morgan fingerprint density at radius 1 is 0.638 bits per heavy atom. The minimum atomic E-state index is -1.54. The minimum absolute atomic E-state index is 0.0177. The number of aliphatic hydroxyl groups is 3. The van der Waals surface area contributed by atoms with Crippen molar-refractivity contribution in [2.45, 2.75) is 173 Å². The van der Waals surface area contributed by atoms with Crippen LogP contribution in [0, 0.1) is 0 Å². The fourth-order valence-electron chi connectivity index (χ4n) is 5.28. The van der Waals surface area contributed by atoms with E-state index >= 15 is 0 Å². The Morgan fingerprint density at radius 3 is 1.68 bits per heavy atom. The molecule has 0 aromatic carbocycles. The predicted octanol–water partition coefficient (Wildman–Crippen LogP) is 4.04. The van der Waals surface area contributed by atoms with Gasteiger partial charge in [0.15, 0.2) is 24.6 Å². The van der Waals surface area contributed by atoms with Gasteiger partial charge in [-0.3, -0.25) is 19.2 Å². The van der Waals surface area contributed by atoms with Crippen LogP contribution in [-0.4, -0.2) is 102 Å². The van der Waals surface area contributed by atoms with E-state index < -0.39 is 86.6 Å². The summed E-state index contributed by atoms with van der Waals surface area (Å²) in [6.45, 7) is 4.58. The lowest BCUT2D eigenvalue weighted by Crippen LogP contribution is -2.63. The molecule has 1 rings (SSSR count). The number of rotatable bonds is 26. The summed E-state index contributed by atoms with van der Waals surface area (Å²) < 4.78 is 33.6. The van der Waals surface area contributed by atoms with Gasteiger partial charge in [0, 0.05) is 26.7 Å². The molecule has 0 aliphatic carbocycles. The first-order valence-corrected chi connectivity index (χ1v) is 17.5. The summed E-state index contributed by atoms with van der Waals surface area (Å²) >= 11 is 0. The van der Waals surface area contributed by atoms with Gasteiger partial charge in [-0.15, -0.1) is 0 Å². The summed E-state index contributed by atoms with van der Waals surface area (Å²) in [4.78, 5) is 49.5. The SMILES string of the molecule is CCCCCCCCCCCCCCCC(=O)OC1C(OC(C)=O)C(COC(C)=O)OC(OCC(O)C(O)CO)C1OC(=O)CCC. The number of esters is 4. The van der Waals surface area contributed by atoms with Crippen molar-refractivity contribution in [3.8, 4) is 0 Å². The maximum absolute atomic E-state index is 13.1. The molecule has 13 heteroatoms. The molecular weight excluding hydrogens is 616 g/mol. The number of hydrogen-bond acceptors (Lipinski definition) is 13. The van der Waals surface area contributed by atoms with E-state index in [1.165, 1.54) is 58.3 Å². The van der Waals surface area contributed by atoms with Gasteiger partial charge >= 0.3 is 23.9 Å². The van der Waals surface area contributed by atoms with Crippen LogP contribution in [-0.2, 0) is 47.6 Å². The maximum Gasteiger partial charge on any atom is 0.306 e. The summed E-state index contributed by atoms with van der Waals surface area (Å²) in [7, 11) is 0. The third-order valence-corrected chi connectivity index (χ3v) is 7.88. The zero-order chi connectivity index (χ0) is 35.0. The number of unbranched alkanes of at least 4 members (excludes halogenated alkanes) is 12. The lowest BCUT2D eigenvalue weighted by Gasteiger charge is -2.44. The third kappa shape index (κ3) is 18.7. The molecule has 0 bridgehead atoms. The summed E-state index contributed by atoms with van der Waals surface area (Å²) in [5.41, 5.74) is 0. The van der Waals surface area contributed by atoms with Crippen LogP contribution in [0.4, 0.5) is 0 Å². The second-order valence-electron chi connectivity index (χ2n) is 12.2. The Kier molecular flexibility index (Phi) is 23.3. The van der Waals surface area contributed by atoms with Gasteiger partial charge in [0.1, 0.15) is 24.9 Å². The first kappa shape index (κ1) is 42.7. The standard InChI is InChI=1S/C34H60O13/c1-5-7-8-9-10-11-12-13-14-15-16-17-18-20-30(41)46-32-31(44-25(4)37)28(23-42-24(3)36)45-34(33(32)47-29(40)19-6-2)43-22-27(39)26(38)21-35/h26-28,31-35,38-39H,5-23H2,1-4H3. The highest BCUT2D eigenvalue weighted by Gasteiger charge is 2.53. The second kappa shape index (κ2) is 25.7. The molecule has 1 heterocycles. The predicted molar refractivity (Wildman–Crippen MR) is 171 cm³/mol. The van der Waals surface area contributed by atoms with Gasteiger partial charge in [-0.1, -0.05) is 90.9 Å². The molecule has 1 fully saturated rings. The van der Waals surface area contributed by atoms with Crippen molar-refractivity contribution in [2.24, 2.45) is 0 Å². The van der Waals surface area contributed by atoms with Crippen LogP contribution < -0.4 is 0 Å². The van der Waals surface area contributed by atoms with E-state index in [0.29, 0.717) is 12.8 Å². The average Bonchev–Trinajstić information content (AvgIpc) is 3.02. The van der Waals surface area contributed by atoms with Gasteiger partial charge in [0.05, 0.1) is 13.2 Å². The minimum Gasteiger partial charge on any atom is -0.463 e. The summed E-state index contributed by atoms with van der Waals surface area (Å²) in [6.07, 6.45) is 5.48. The van der Waals surface area contributed by atoms with Crippen molar-refractivity contribution in [3.63, 3.8) is 0 Å². The largest absolute Gasteiger partial charge is 0.463 e. The highest BCUT2D eigenvalue weighted by atomic mass is 16.7. The van der Waals surface area contributed by atoms with E-state index in [-0.39, 0.29) is 12.8 Å². The maximum atomic E-state index is 13.1. The first-order chi connectivity index (χ1) is 22.5. The normalized spacial score (nSPS) is 22.2. The molecule has 274 valence electrons. The van der Waals surface area contributed by atoms with Crippen LogP contribution in [0.25, 0.3) is 0 Å². The number of carbonyl (C=O) groups is 4. The topological polar surface area (TPSA) is 184 Å². The molecule has 13 nitrogen and oxygen atoms in total. The number of hydrogen-bond donors (Lipinski definition) is 3. The van der Waals surface area contributed by atoms with E-state index in [1.54, 1.807) is 6.92 Å². The molecule has 0 spiro atoms. The lowest BCUT2D eigenvalue weighted by atomic mass is 9.98. The summed E-state index contributed by atoms with van der Waals surface area (Å²) in [5, 5.41) is 29.1. The van der Waals surface area contributed by atoms with E-state index in [1.807, 2.05) is 0 Å². The van der Waals surface area contributed by atoms with Gasteiger partial charge in [-0.2, -0.15) is 0 Å². The first-order valence-electron chi connectivity index (χ1n) is 17.5. The number of carbonyl (C=O) groups excluding carboxylic acids is 4. The van der Waals surface area contributed by atoms with Gasteiger partial charge in [0.25, 0.3) is 0 Å².